The highest BCUT2D eigenvalue weighted by molar-refractivity contribution is 7.99. The summed E-state index contributed by atoms with van der Waals surface area (Å²) >= 11 is 3.39. The molecule has 1 aliphatic rings. The number of carbonyl (C=O) groups is 1. The number of likely N-dealkylation sites (tertiary alicyclic amines) is 1. The third-order valence-electron chi connectivity index (χ3n) is 5.92. The number of methoxy groups -OCH3 is 1. The first-order chi connectivity index (χ1) is 16.6. The number of pyridine rings is 1. The van der Waals surface area contributed by atoms with Crippen molar-refractivity contribution in [3.8, 4) is 5.75 Å². The van der Waals surface area contributed by atoms with Crippen LogP contribution >= 0.6 is 23.1 Å². The van der Waals surface area contributed by atoms with Crippen molar-refractivity contribution >= 4 is 44.9 Å². The third-order valence-corrected chi connectivity index (χ3v) is 8.03. The number of nitrogens with one attached hydrogen (secondary N) is 1. The van der Waals surface area contributed by atoms with Crippen LogP contribution in [-0.2, 0) is 11.3 Å². The Morgan fingerprint density at radius 3 is 2.88 bits per heavy atom. The number of anilines is 1. The van der Waals surface area contributed by atoms with Crippen LogP contribution in [0.15, 0.2) is 71.9 Å². The van der Waals surface area contributed by atoms with Gasteiger partial charge in [-0.25, -0.2) is 9.97 Å². The van der Waals surface area contributed by atoms with E-state index in [1.54, 1.807) is 30.2 Å². The second kappa shape index (κ2) is 10.1. The van der Waals surface area contributed by atoms with Crippen LogP contribution < -0.4 is 10.1 Å². The maximum atomic E-state index is 13.5. The fourth-order valence-corrected chi connectivity index (χ4v) is 6.35. The number of fused-ring (bicyclic) bond motifs is 1. The molecule has 2 aromatic carbocycles. The molecule has 4 aromatic rings. The highest BCUT2D eigenvalue weighted by Gasteiger charge is 2.37. The van der Waals surface area contributed by atoms with Crippen molar-refractivity contribution in [1.29, 1.82) is 0 Å². The molecule has 0 unspecified atom stereocenters. The van der Waals surface area contributed by atoms with Crippen LogP contribution in [0.2, 0.25) is 0 Å². The smallest absolute Gasteiger partial charge is 0.241 e. The maximum absolute atomic E-state index is 13.5. The SMILES string of the molecule is COc1ccccc1CN1C[C@H](Sc2ccccn2)C[C@H]1C(=O)Nc1ccc2sc(C)nc2c1. The van der Waals surface area contributed by atoms with Gasteiger partial charge in [-0.2, -0.15) is 0 Å². The average Bonchev–Trinajstić information content (AvgIpc) is 3.41. The molecule has 2 atom stereocenters. The van der Waals surface area contributed by atoms with Gasteiger partial charge < -0.3 is 10.1 Å². The maximum Gasteiger partial charge on any atom is 0.241 e. The number of ether oxygens (including phenoxy) is 1. The number of hydrogen-bond donors (Lipinski definition) is 1. The van der Waals surface area contributed by atoms with Gasteiger partial charge in [-0.3, -0.25) is 9.69 Å². The summed E-state index contributed by atoms with van der Waals surface area (Å²) in [5, 5.41) is 5.41. The summed E-state index contributed by atoms with van der Waals surface area (Å²) in [5.74, 6) is 0.845. The summed E-state index contributed by atoms with van der Waals surface area (Å²) in [4.78, 5) is 24.8. The quantitative estimate of drug-likeness (QED) is 0.375. The summed E-state index contributed by atoms with van der Waals surface area (Å²) in [6.45, 7) is 3.43. The topological polar surface area (TPSA) is 67.3 Å². The van der Waals surface area contributed by atoms with Gasteiger partial charge in [0.05, 0.1) is 33.4 Å². The molecule has 0 aliphatic carbocycles. The average molecular weight is 491 g/mol. The number of carbonyl (C=O) groups excluding carboxylic acids is 1. The number of amides is 1. The molecule has 5 rings (SSSR count). The first-order valence-electron chi connectivity index (χ1n) is 11.2. The number of rotatable bonds is 7. The highest BCUT2D eigenvalue weighted by atomic mass is 32.2. The van der Waals surface area contributed by atoms with Gasteiger partial charge in [-0.05, 0) is 49.7 Å². The van der Waals surface area contributed by atoms with E-state index in [9.17, 15) is 4.79 Å². The third kappa shape index (κ3) is 5.09. The van der Waals surface area contributed by atoms with Crippen LogP contribution in [0.5, 0.6) is 5.75 Å². The molecule has 0 spiro atoms. The molecule has 3 heterocycles. The van der Waals surface area contributed by atoms with Crippen LogP contribution in [-0.4, -0.2) is 45.7 Å². The standard InChI is InChI=1S/C26H26N4O2S2/c1-17-28-21-13-19(10-11-24(21)33-17)29-26(31)22-14-20(34-25-9-5-6-12-27-25)16-30(22)15-18-7-3-4-8-23(18)32-2/h3-13,20,22H,14-16H2,1-2H3,(H,29,31)/t20-,22+/m1/s1. The lowest BCUT2D eigenvalue weighted by Gasteiger charge is -2.24. The van der Waals surface area contributed by atoms with Gasteiger partial charge in [0.1, 0.15) is 5.75 Å². The van der Waals surface area contributed by atoms with E-state index in [2.05, 4.69) is 26.3 Å². The molecule has 1 N–H and O–H groups in total. The minimum Gasteiger partial charge on any atom is -0.496 e. The van der Waals surface area contributed by atoms with Crippen molar-refractivity contribution in [2.24, 2.45) is 0 Å². The van der Waals surface area contributed by atoms with E-state index in [1.165, 1.54) is 0 Å². The van der Waals surface area contributed by atoms with Gasteiger partial charge in [0.2, 0.25) is 5.91 Å². The van der Waals surface area contributed by atoms with Crippen LogP contribution in [0.1, 0.15) is 17.0 Å². The molecule has 1 aliphatic heterocycles. The van der Waals surface area contributed by atoms with Gasteiger partial charge in [-0.15, -0.1) is 23.1 Å². The van der Waals surface area contributed by atoms with Crippen molar-refractivity contribution in [3.05, 3.63) is 77.4 Å². The predicted molar refractivity (Wildman–Crippen MR) is 139 cm³/mol. The molecule has 8 heteroatoms. The molecule has 34 heavy (non-hydrogen) atoms. The highest BCUT2D eigenvalue weighted by Crippen LogP contribution is 2.34. The van der Waals surface area contributed by atoms with E-state index in [1.807, 2.05) is 67.7 Å². The lowest BCUT2D eigenvalue weighted by atomic mass is 10.1. The van der Waals surface area contributed by atoms with Gasteiger partial charge >= 0.3 is 0 Å². The number of thiazole rings is 1. The van der Waals surface area contributed by atoms with E-state index in [0.717, 1.165) is 50.2 Å². The van der Waals surface area contributed by atoms with Crippen LogP contribution in [0, 0.1) is 6.92 Å². The Bertz CT molecular complexity index is 1290. The lowest BCUT2D eigenvalue weighted by molar-refractivity contribution is -0.120. The number of thioether (sulfide) groups is 1. The van der Waals surface area contributed by atoms with Crippen molar-refractivity contribution in [3.63, 3.8) is 0 Å². The Balaban J connectivity index is 1.36. The Kier molecular flexibility index (Phi) is 6.80. The molecule has 174 valence electrons. The second-order valence-electron chi connectivity index (χ2n) is 8.31. The molecular weight excluding hydrogens is 464 g/mol. The monoisotopic (exact) mass is 490 g/mol. The van der Waals surface area contributed by atoms with Crippen LogP contribution in [0.25, 0.3) is 10.2 Å². The minimum atomic E-state index is -0.251. The summed E-state index contributed by atoms with van der Waals surface area (Å²) in [6, 6.07) is 19.6. The Morgan fingerprint density at radius 1 is 1.21 bits per heavy atom. The van der Waals surface area contributed by atoms with Crippen molar-refractivity contribution < 1.29 is 9.53 Å². The van der Waals surface area contributed by atoms with Gasteiger partial charge in [0, 0.05) is 35.8 Å². The molecule has 1 fully saturated rings. The number of hydrogen-bond acceptors (Lipinski definition) is 7. The Labute approximate surface area is 207 Å². The summed E-state index contributed by atoms with van der Waals surface area (Å²) in [6.07, 6.45) is 2.56. The molecule has 1 saturated heterocycles. The fourth-order valence-electron chi connectivity index (χ4n) is 4.38. The van der Waals surface area contributed by atoms with Crippen molar-refractivity contribution in [1.82, 2.24) is 14.9 Å². The number of aromatic nitrogens is 2. The van der Waals surface area contributed by atoms with Crippen LogP contribution in [0.4, 0.5) is 5.69 Å². The summed E-state index contributed by atoms with van der Waals surface area (Å²) in [7, 11) is 1.68. The Morgan fingerprint density at radius 2 is 2.06 bits per heavy atom. The van der Waals surface area contributed by atoms with E-state index in [0.29, 0.717) is 6.54 Å². The number of para-hydroxylation sites is 1. The Hall–Kier alpha value is -2.94. The van der Waals surface area contributed by atoms with Gasteiger partial charge in [-0.1, -0.05) is 24.3 Å². The summed E-state index contributed by atoms with van der Waals surface area (Å²) in [5.41, 5.74) is 2.77. The van der Waals surface area contributed by atoms with E-state index in [4.69, 9.17) is 4.74 Å². The number of aryl methyl sites for hydroxylation is 1. The molecule has 0 bridgehead atoms. The molecule has 1 amide bonds. The predicted octanol–water partition coefficient (Wildman–Crippen LogP) is 5.38. The molecule has 0 saturated carbocycles. The largest absolute Gasteiger partial charge is 0.496 e. The molecule has 0 radical (unpaired) electrons. The zero-order valence-electron chi connectivity index (χ0n) is 19.1. The number of nitrogens with zero attached hydrogens (tertiary/aromatic N) is 3. The fraction of sp³-hybridized carbons (Fsp3) is 0.269. The zero-order chi connectivity index (χ0) is 23.5. The van der Waals surface area contributed by atoms with E-state index < -0.39 is 0 Å². The first kappa shape index (κ1) is 22.8. The summed E-state index contributed by atoms with van der Waals surface area (Å²) < 4.78 is 6.69. The second-order valence-corrected chi connectivity index (χ2v) is 10.9. The van der Waals surface area contributed by atoms with Gasteiger partial charge in [0.25, 0.3) is 0 Å². The van der Waals surface area contributed by atoms with E-state index >= 15 is 0 Å². The molecule has 2 aromatic heterocycles. The normalized spacial score (nSPS) is 18.3. The number of benzene rings is 2. The molecular formula is C26H26N4O2S2. The van der Waals surface area contributed by atoms with Gasteiger partial charge in [0.15, 0.2) is 0 Å². The lowest BCUT2D eigenvalue weighted by Crippen LogP contribution is -2.39. The molecule has 6 nitrogen and oxygen atoms in total. The van der Waals surface area contributed by atoms with Crippen molar-refractivity contribution in [2.45, 2.75) is 36.2 Å². The minimum absolute atomic E-state index is 0.00493. The van der Waals surface area contributed by atoms with E-state index in [-0.39, 0.29) is 17.2 Å². The van der Waals surface area contributed by atoms with Crippen molar-refractivity contribution in [2.75, 3.05) is 19.0 Å². The van der Waals surface area contributed by atoms with Crippen LogP contribution in [0.3, 0.4) is 0 Å². The zero-order valence-corrected chi connectivity index (χ0v) is 20.7. The first-order valence-corrected chi connectivity index (χ1v) is 12.9.